The van der Waals surface area contributed by atoms with E-state index in [2.05, 4.69) is 38.2 Å². The zero-order valence-corrected chi connectivity index (χ0v) is 33.7. The van der Waals surface area contributed by atoms with E-state index in [1.165, 1.54) is 109 Å². The van der Waals surface area contributed by atoms with Crippen molar-refractivity contribution in [2.75, 3.05) is 33.0 Å². The van der Waals surface area contributed by atoms with Crippen LogP contribution in [0.4, 0.5) is 0 Å². The molecule has 51 heavy (non-hydrogen) atoms. The van der Waals surface area contributed by atoms with Crippen LogP contribution < -0.4 is 0 Å². The molecule has 9 nitrogen and oxygen atoms in total. The number of phosphoric ester groups is 1. The topological polar surface area (TPSA) is 132 Å². The number of aliphatic hydroxyl groups is 2. The largest absolute Gasteiger partial charge is 0.472 e. The van der Waals surface area contributed by atoms with E-state index in [4.69, 9.17) is 23.6 Å². The van der Waals surface area contributed by atoms with Crippen molar-refractivity contribution in [1.82, 2.24) is 0 Å². The second-order valence-electron chi connectivity index (χ2n) is 14.0. The third kappa shape index (κ3) is 38.5. The molecule has 0 aliphatic heterocycles. The molecule has 0 fully saturated rings. The second-order valence-corrected chi connectivity index (χ2v) is 15.5. The van der Waals surface area contributed by atoms with Crippen LogP contribution in [0.5, 0.6) is 0 Å². The van der Waals surface area contributed by atoms with E-state index >= 15 is 0 Å². The summed E-state index contributed by atoms with van der Waals surface area (Å²) in [5, 5.41) is 18.3. The van der Waals surface area contributed by atoms with Crippen molar-refractivity contribution in [3.8, 4) is 0 Å². The summed E-state index contributed by atoms with van der Waals surface area (Å²) in [4.78, 5) is 22.5. The minimum Gasteiger partial charge on any atom is -0.457 e. The van der Waals surface area contributed by atoms with Gasteiger partial charge in [-0.05, 0) is 44.9 Å². The molecule has 0 aliphatic rings. The maximum atomic E-state index is 12.6. The Balaban J connectivity index is 4.20. The first-order chi connectivity index (χ1) is 24.8. The summed E-state index contributed by atoms with van der Waals surface area (Å²) in [5.41, 5.74) is 0. The number of carbonyl (C=O) groups is 1. The van der Waals surface area contributed by atoms with Crippen molar-refractivity contribution in [2.24, 2.45) is 0 Å². The lowest BCUT2D eigenvalue weighted by molar-refractivity contribution is -0.154. The number of phosphoric acid groups is 1. The zero-order chi connectivity index (χ0) is 37.5. The smallest absolute Gasteiger partial charge is 0.457 e. The summed E-state index contributed by atoms with van der Waals surface area (Å²) >= 11 is 0. The molecule has 3 N–H and O–H groups in total. The summed E-state index contributed by atoms with van der Waals surface area (Å²) in [6.45, 7) is 3.49. The lowest BCUT2D eigenvalue weighted by atomic mass is 10.0. The minimum absolute atomic E-state index is 0.0474. The molecule has 0 rings (SSSR count). The molecular formula is C41H79O9P. The van der Waals surface area contributed by atoms with Gasteiger partial charge in [-0.3, -0.25) is 13.8 Å². The van der Waals surface area contributed by atoms with Gasteiger partial charge in [0.1, 0.15) is 12.2 Å². The molecule has 0 saturated carbocycles. The molecule has 0 bridgehead atoms. The summed E-state index contributed by atoms with van der Waals surface area (Å²) in [5.74, 6) is -0.394. The molecule has 302 valence electrons. The van der Waals surface area contributed by atoms with E-state index < -0.39 is 39.2 Å². The third-order valence-corrected chi connectivity index (χ3v) is 9.84. The highest BCUT2D eigenvalue weighted by Gasteiger charge is 2.26. The average Bonchev–Trinajstić information content (AvgIpc) is 3.12. The Morgan fingerprint density at radius 2 is 1.06 bits per heavy atom. The van der Waals surface area contributed by atoms with Gasteiger partial charge in [0.2, 0.25) is 0 Å². The second kappa shape index (κ2) is 38.7. The number of unbranched alkanes of at least 4 members (excludes halogenated alkanes) is 22. The molecule has 0 aromatic rings. The molecule has 0 amide bonds. The molecule has 3 atom stereocenters. The van der Waals surface area contributed by atoms with Gasteiger partial charge in [0.15, 0.2) is 0 Å². The van der Waals surface area contributed by atoms with Crippen molar-refractivity contribution < 1.29 is 43.0 Å². The Hall–Kier alpha value is -1.06. The Bertz CT molecular complexity index is 851. The molecule has 0 spiro atoms. The van der Waals surface area contributed by atoms with E-state index in [0.29, 0.717) is 13.0 Å². The predicted molar refractivity (Wildman–Crippen MR) is 210 cm³/mol. The van der Waals surface area contributed by atoms with Crippen LogP contribution >= 0.6 is 7.82 Å². The number of allylic oxidation sites excluding steroid dienone is 4. The van der Waals surface area contributed by atoms with Gasteiger partial charge < -0.3 is 24.6 Å². The van der Waals surface area contributed by atoms with E-state index in [1.807, 2.05) is 0 Å². The Morgan fingerprint density at radius 3 is 1.61 bits per heavy atom. The van der Waals surface area contributed by atoms with Crippen molar-refractivity contribution >= 4 is 13.8 Å². The molecule has 3 unspecified atom stereocenters. The number of aliphatic hydroxyl groups excluding tert-OH is 2. The first-order valence-electron chi connectivity index (χ1n) is 20.8. The summed E-state index contributed by atoms with van der Waals surface area (Å²) in [6.07, 6.45) is 38.4. The van der Waals surface area contributed by atoms with Crippen molar-refractivity contribution in [1.29, 1.82) is 0 Å². The minimum atomic E-state index is -4.51. The lowest BCUT2D eigenvalue weighted by Gasteiger charge is -2.20. The van der Waals surface area contributed by atoms with Gasteiger partial charge in [-0.25, -0.2) is 4.57 Å². The van der Waals surface area contributed by atoms with Crippen LogP contribution in [0.25, 0.3) is 0 Å². The van der Waals surface area contributed by atoms with Crippen LogP contribution in [0.1, 0.15) is 187 Å². The molecule has 0 radical (unpaired) electrons. The van der Waals surface area contributed by atoms with E-state index in [0.717, 1.165) is 51.4 Å². The van der Waals surface area contributed by atoms with E-state index in [1.54, 1.807) is 0 Å². The molecular weight excluding hydrogens is 667 g/mol. The first kappa shape index (κ1) is 49.9. The molecule has 0 aromatic carbocycles. The third-order valence-electron chi connectivity index (χ3n) is 8.89. The number of hydrogen-bond donors (Lipinski definition) is 3. The molecule has 10 heteroatoms. The average molecular weight is 747 g/mol. The van der Waals surface area contributed by atoms with Crippen LogP contribution in [0.3, 0.4) is 0 Å². The first-order valence-corrected chi connectivity index (χ1v) is 22.3. The maximum absolute atomic E-state index is 12.6. The fourth-order valence-corrected chi connectivity index (χ4v) is 6.47. The van der Waals surface area contributed by atoms with Gasteiger partial charge in [0.05, 0.1) is 26.4 Å². The quantitative estimate of drug-likeness (QED) is 0.0242. The van der Waals surface area contributed by atoms with E-state index in [-0.39, 0.29) is 19.6 Å². The van der Waals surface area contributed by atoms with Gasteiger partial charge in [-0.1, -0.05) is 160 Å². The summed E-state index contributed by atoms with van der Waals surface area (Å²) in [7, 11) is -4.51. The number of rotatable bonds is 40. The van der Waals surface area contributed by atoms with Crippen LogP contribution in [0.2, 0.25) is 0 Å². The van der Waals surface area contributed by atoms with Gasteiger partial charge >= 0.3 is 13.8 Å². The molecule has 0 aliphatic carbocycles. The highest BCUT2D eigenvalue weighted by atomic mass is 31.2. The van der Waals surface area contributed by atoms with Crippen molar-refractivity contribution in [3.05, 3.63) is 24.3 Å². The van der Waals surface area contributed by atoms with E-state index in [9.17, 15) is 19.4 Å². The van der Waals surface area contributed by atoms with Crippen molar-refractivity contribution in [3.63, 3.8) is 0 Å². The van der Waals surface area contributed by atoms with Crippen LogP contribution in [0.15, 0.2) is 24.3 Å². The zero-order valence-electron chi connectivity index (χ0n) is 32.8. The fourth-order valence-electron chi connectivity index (χ4n) is 5.68. The monoisotopic (exact) mass is 747 g/mol. The summed E-state index contributed by atoms with van der Waals surface area (Å²) in [6, 6.07) is 0. The molecule has 0 aromatic heterocycles. The molecule has 0 saturated heterocycles. The van der Waals surface area contributed by atoms with Crippen LogP contribution in [0, 0.1) is 0 Å². The number of esters is 1. The number of carbonyl (C=O) groups excluding carboxylic acids is 1. The fraction of sp³-hybridized carbons (Fsp3) is 0.878. The van der Waals surface area contributed by atoms with Gasteiger partial charge in [-0.15, -0.1) is 0 Å². The van der Waals surface area contributed by atoms with Gasteiger partial charge in [-0.2, -0.15) is 0 Å². The van der Waals surface area contributed by atoms with Crippen molar-refractivity contribution in [2.45, 2.75) is 199 Å². The normalized spacial score (nSPS) is 14.4. The van der Waals surface area contributed by atoms with Gasteiger partial charge in [0, 0.05) is 13.0 Å². The van der Waals surface area contributed by atoms with Crippen LogP contribution in [-0.4, -0.2) is 66.3 Å². The molecule has 0 heterocycles. The number of ether oxygens (including phenoxy) is 2. The van der Waals surface area contributed by atoms with Gasteiger partial charge in [0.25, 0.3) is 0 Å². The highest BCUT2D eigenvalue weighted by Crippen LogP contribution is 2.43. The maximum Gasteiger partial charge on any atom is 0.472 e. The lowest BCUT2D eigenvalue weighted by Crippen LogP contribution is -2.29. The standard InChI is InChI=1S/C41H79O9P/c1-3-5-7-9-11-13-15-17-19-21-23-25-27-29-31-33-41(44)50-40(38-49-51(45,46)48-36-39(43)35-42)37-47-34-32-30-28-26-24-22-20-18-16-14-12-10-8-6-4-2/h11,13,17,19,39-40,42-43H,3-10,12,14-16,18,20-38H2,1-2H3,(H,45,46)/b13-11-,19-17-. The van der Waals surface area contributed by atoms with Crippen LogP contribution in [-0.2, 0) is 27.9 Å². The highest BCUT2D eigenvalue weighted by molar-refractivity contribution is 7.47. The Kier molecular flexibility index (Phi) is 37.9. The Labute approximate surface area is 313 Å². The number of hydrogen-bond acceptors (Lipinski definition) is 8. The SMILES string of the molecule is CCCCC/C=C\C/C=C\CCCCCCCC(=O)OC(COCCCCCCCCCCCCCCCCC)COP(=O)(O)OCC(O)CO. The summed E-state index contributed by atoms with van der Waals surface area (Å²) < 4.78 is 33.3. The predicted octanol–water partition coefficient (Wildman–Crippen LogP) is 11.1. The Morgan fingerprint density at radius 1 is 0.608 bits per heavy atom.